The fraction of sp³-hybridized carbons (Fsp3) is 0.488. The maximum atomic E-state index is 13.7. The van der Waals surface area contributed by atoms with Gasteiger partial charge in [0.2, 0.25) is 11.8 Å². The third kappa shape index (κ3) is 7.61. The lowest BCUT2D eigenvalue weighted by molar-refractivity contribution is -0.136. The lowest BCUT2D eigenvalue weighted by Gasteiger charge is -2.35. The number of fused-ring (bicyclic) bond motifs is 2. The fourth-order valence-corrected chi connectivity index (χ4v) is 8.52. The Balaban J connectivity index is 1.08. The summed E-state index contributed by atoms with van der Waals surface area (Å²) in [6.45, 7) is 13.1. The minimum atomic E-state index is -0.707. The van der Waals surface area contributed by atoms with E-state index in [0.29, 0.717) is 24.7 Å². The van der Waals surface area contributed by atoms with Gasteiger partial charge in [0.15, 0.2) is 0 Å². The molecule has 2 saturated heterocycles. The predicted octanol–water partition coefficient (Wildman–Crippen LogP) is 6.99. The smallest absolute Gasteiger partial charge is 0.407 e. The zero-order chi connectivity index (χ0) is 41.5. The van der Waals surface area contributed by atoms with Crippen LogP contribution in [0.4, 0.5) is 9.59 Å². The van der Waals surface area contributed by atoms with Crippen molar-refractivity contribution in [3.8, 4) is 34.0 Å². The Morgan fingerprint density at radius 1 is 0.724 bits per heavy atom. The molecule has 0 bridgehead atoms. The van der Waals surface area contributed by atoms with E-state index in [0.717, 1.165) is 70.8 Å². The maximum Gasteiger partial charge on any atom is 0.407 e. The van der Waals surface area contributed by atoms with Crippen LogP contribution in [-0.2, 0) is 24.5 Å². The number of methoxy groups -OCH3 is 2. The summed E-state index contributed by atoms with van der Waals surface area (Å²) < 4.78 is 16.1. The van der Waals surface area contributed by atoms with Crippen molar-refractivity contribution in [2.24, 2.45) is 11.8 Å². The monoisotopic (exact) mass is 794 g/mol. The van der Waals surface area contributed by atoms with Gasteiger partial charge in [-0.15, -0.1) is 0 Å². The van der Waals surface area contributed by atoms with Crippen molar-refractivity contribution in [1.29, 1.82) is 0 Å². The van der Waals surface area contributed by atoms with Crippen LogP contribution in [0.1, 0.15) is 102 Å². The number of hydrogen-bond acceptors (Lipinski definition) is 9. The molecule has 2 aromatic carbocycles. The van der Waals surface area contributed by atoms with E-state index in [-0.39, 0.29) is 35.7 Å². The van der Waals surface area contributed by atoms with E-state index >= 15 is 0 Å². The highest BCUT2D eigenvalue weighted by atomic mass is 16.5. The second kappa shape index (κ2) is 16.2. The summed E-state index contributed by atoms with van der Waals surface area (Å²) in [6.07, 6.45) is 5.52. The van der Waals surface area contributed by atoms with Gasteiger partial charge in [0.25, 0.3) is 0 Å². The van der Waals surface area contributed by atoms with Crippen molar-refractivity contribution in [3.05, 3.63) is 71.6 Å². The summed E-state index contributed by atoms with van der Waals surface area (Å²) in [5.74, 6) is 2.37. The van der Waals surface area contributed by atoms with Crippen LogP contribution >= 0.6 is 0 Å². The number of alkyl carbamates (subject to hydrolysis) is 2. The van der Waals surface area contributed by atoms with Gasteiger partial charge in [-0.05, 0) is 61.8 Å². The average molecular weight is 795 g/mol. The fourth-order valence-electron chi connectivity index (χ4n) is 8.52. The Kier molecular flexibility index (Phi) is 11.3. The first-order valence-corrected chi connectivity index (χ1v) is 20.1. The summed E-state index contributed by atoms with van der Waals surface area (Å²) in [4.78, 5) is 71.4. The summed E-state index contributed by atoms with van der Waals surface area (Å²) in [6, 6.07) is 10.4. The number of likely N-dealkylation sites (tertiary alicyclic amines) is 2. The van der Waals surface area contributed by atoms with Gasteiger partial charge < -0.3 is 44.6 Å². The van der Waals surface area contributed by atoms with E-state index in [4.69, 9.17) is 24.2 Å². The van der Waals surface area contributed by atoms with E-state index in [1.54, 1.807) is 11.1 Å². The average Bonchev–Trinajstić information content (AvgIpc) is 4.05. The number of nitrogens with zero attached hydrogens (tertiary/aromatic N) is 4. The first-order chi connectivity index (χ1) is 27.7. The molecule has 15 heteroatoms. The van der Waals surface area contributed by atoms with Crippen LogP contribution < -0.4 is 15.4 Å². The second-order valence-electron chi connectivity index (χ2n) is 16.6. The van der Waals surface area contributed by atoms with Gasteiger partial charge in [0, 0.05) is 40.8 Å². The Morgan fingerprint density at radius 3 is 1.69 bits per heavy atom. The Labute approximate surface area is 338 Å². The van der Waals surface area contributed by atoms with E-state index in [1.165, 1.54) is 14.2 Å². The van der Waals surface area contributed by atoms with E-state index in [2.05, 4.69) is 52.6 Å². The molecule has 58 heavy (non-hydrogen) atoms. The minimum absolute atomic E-state index is 0.120. The predicted molar refractivity (Wildman–Crippen MR) is 216 cm³/mol. The van der Waals surface area contributed by atoms with Crippen LogP contribution in [0, 0.1) is 11.8 Å². The van der Waals surface area contributed by atoms with Crippen LogP contribution in [0.3, 0.4) is 0 Å². The molecule has 7 rings (SSSR count). The highest BCUT2D eigenvalue weighted by Gasteiger charge is 2.40. The topological polar surface area (TPSA) is 184 Å². The highest BCUT2D eigenvalue weighted by molar-refractivity contribution is 5.87. The largest absolute Gasteiger partial charge is 0.457 e. The van der Waals surface area contributed by atoms with E-state index < -0.39 is 29.7 Å². The van der Waals surface area contributed by atoms with Gasteiger partial charge in [-0.2, -0.15) is 0 Å². The normalized spacial score (nSPS) is 19.3. The van der Waals surface area contributed by atoms with Crippen LogP contribution in [0.2, 0.25) is 0 Å². The number of aromatic nitrogens is 4. The zero-order valence-electron chi connectivity index (χ0n) is 34.5. The summed E-state index contributed by atoms with van der Waals surface area (Å²) >= 11 is 0. The molecule has 4 N–H and O–H groups in total. The molecular formula is C43H54N8O7. The molecule has 4 aromatic rings. The number of nitrogens with one attached hydrogen (secondary N) is 4. The van der Waals surface area contributed by atoms with Crippen molar-refractivity contribution in [2.75, 3.05) is 27.3 Å². The maximum absolute atomic E-state index is 13.7. The highest BCUT2D eigenvalue weighted by Crippen LogP contribution is 2.50. The summed E-state index contributed by atoms with van der Waals surface area (Å²) in [5, 5.41) is 5.41. The van der Waals surface area contributed by atoms with Crippen LogP contribution in [0.15, 0.2) is 48.8 Å². The van der Waals surface area contributed by atoms with Crippen LogP contribution in [0.25, 0.3) is 22.5 Å². The first kappa shape index (κ1) is 40.3. The second-order valence-corrected chi connectivity index (χ2v) is 16.6. The van der Waals surface area contributed by atoms with Crippen molar-refractivity contribution in [3.63, 3.8) is 0 Å². The number of carbonyl (C=O) groups excluding carboxylic acids is 4. The molecule has 2 fully saturated rings. The minimum Gasteiger partial charge on any atom is -0.457 e. The molecule has 4 amide bonds. The van der Waals surface area contributed by atoms with Crippen LogP contribution in [-0.4, -0.2) is 93.1 Å². The van der Waals surface area contributed by atoms with Gasteiger partial charge in [-0.25, -0.2) is 19.6 Å². The van der Waals surface area contributed by atoms with Gasteiger partial charge >= 0.3 is 12.2 Å². The van der Waals surface area contributed by atoms with E-state index in [1.807, 2.05) is 57.0 Å². The molecule has 4 atom stereocenters. The third-order valence-electron chi connectivity index (χ3n) is 11.8. The number of aromatic amines is 2. The number of H-pyrrole nitrogens is 2. The number of amides is 4. The van der Waals surface area contributed by atoms with Crippen molar-refractivity contribution >= 4 is 24.0 Å². The third-order valence-corrected chi connectivity index (χ3v) is 11.8. The molecule has 15 nitrogen and oxygen atoms in total. The molecular weight excluding hydrogens is 741 g/mol. The zero-order valence-corrected chi connectivity index (χ0v) is 34.5. The standard InChI is InChI=1S/C43H54N8O7/c1-23(2)35(48-41(54)56-7)39(52)50-17-9-11-31(50)37-44-21-29(46-37)25-14-16-33-28(19-25)43(5,6)27-15-13-26(20-34(27)58-33)30-22-45-38(47-30)32-12-10-18-51(32)40(53)36(24(3)4)49-42(55)57-8/h13-16,19-24,31-32,35-36H,9-12,17-18H2,1-8H3,(H,44,46)(H,45,47)(H,48,54)(H,49,55)/t31-,32+,35+,36+/m0/s1. The molecule has 5 heterocycles. The molecule has 0 spiro atoms. The number of ether oxygens (including phenoxy) is 3. The summed E-state index contributed by atoms with van der Waals surface area (Å²) in [5.41, 5.74) is 5.16. The van der Waals surface area contributed by atoms with Crippen LogP contribution in [0.5, 0.6) is 11.5 Å². The quantitative estimate of drug-likeness (QED) is 0.131. The SMILES string of the molecule is COC(=O)N[C@@H](C(=O)N1CCC[C@@H]1c1ncc(-c2ccc3c(c2)Oc2ccc(-c4cnc([C@@H]5CCCN5C(=O)[C@H](NC(=O)OC)C(C)C)[nH]4)cc2C3(C)C)[nH]1)C(C)C. The molecule has 0 radical (unpaired) electrons. The summed E-state index contributed by atoms with van der Waals surface area (Å²) in [7, 11) is 2.58. The van der Waals surface area contributed by atoms with Crippen molar-refractivity contribution in [2.45, 2.75) is 96.8 Å². The number of carbonyl (C=O) groups is 4. The van der Waals surface area contributed by atoms with Gasteiger partial charge in [-0.3, -0.25) is 9.59 Å². The van der Waals surface area contributed by atoms with Gasteiger partial charge in [-0.1, -0.05) is 53.7 Å². The van der Waals surface area contributed by atoms with Gasteiger partial charge in [0.05, 0.1) is 50.1 Å². The molecule has 308 valence electrons. The molecule has 0 aliphatic carbocycles. The number of rotatable bonds is 10. The van der Waals surface area contributed by atoms with Gasteiger partial charge in [0.1, 0.15) is 35.2 Å². The molecule has 2 aromatic heterocycles. The van der Waals surface area contributed by atoms with Crippen molar-refractivity contribution in [1.82, 2.24) is 40.4 Å². The number of imidazole rings is 2. The molecule has 3 aliphatic rings. The lowest BCUT2D eigenvalue weighted by Crippen LogP contribution is -2.51. The Hall–Kier alpha value is -5.86. The lowest BCUT2D eigenvalue weighted by atomic mass is 9.75. The Bertz CT molecular complexity index is 2190. The number of benzene rings is 2. The molecule has 3 aliphatic heterocycles. The molecule has 0 unspecified atom stereocenters. The first-order valence-electron chi connectivity index (χ1n) is 20.1. The number of hydrogen-bond donors (Lipinski definition) is 4. The van der Waals surface area contributed by atoms with Crippen molar-refractivity contribution < 1.29 is 33.4 Å². The van der Waals surface area contributed by atoms with E-state index in [9.17, 15) is 19.2 Å². The molecule has 0 saturated carbocycles. The Morgan fingerprint density at radius 2 is 1.21 bits per heavy atom.